The number of sulfonamides is 1. The summed E-state index contributed by atoms with van der Waals surface area (Å²) in [6, 6.07) is 7.88. The molecule has 156 valence electrons. The molecule has 3 rings (SSSR count). The van der Waals surface area contributed by atoms with Crippen LogP contribution < -0.4 is 4.74 Å². The molecule has 0 aromatic heterocycles. The molecule has 0 aliphatic carbocycles. The molecule has 2 atom stereocenters. The Morgan fingerprint density at radius 1 is 1.10 bits per heavy atom. The number of nitrogens with zero attached hydrogens (tertiary/aromatic N) is 2. The van der Waals surface area contributed by atoms with Gasteiger partial charge in [-0.1, -0.05) is 23.2 Å². The van der Waals surface area contributed by atoms with Gasteiger partial charge in [0.05, 0.1) is 32.1 Å². The fourth-order valence-corrected chi connectivity index (χ4v) is 5.35. The minimum absolute atomic E-state index is 0.00350. The van der Waals surface area contributed by atoms with Gasteiger partial charge in [-0.2, -0.15) is 4.31 Å². The van der Waals surface area contributed by atoms with Crippen LogP contribution in [0.4, 0.5) is 5.69 Å². The van der Waals surface area contributed by atoms with E-state index in [9.17, 15) is 18.5 Å². The standard InChI is InChI=1S/C18H18Cl2N2O6S/c1-11-9-21(10-12(2)27-11)29(25,26)15-7-16(19)18(17(20)8-15)28-14-5-3-13(4-6-14)22(23)24/h3-8,11-12H,9-10H2,1-2H3. The number of hydrogen-bond acceptors (Lipinski definition) is 6. The highest BCUT2D eigenvalue weighted by atomic mass is 35.5. The van der Waals surface area contributed by atoms with Crippen molar-refractivity contribution in [3.8, 4) is 11.5 Å². The lowest BCUT2D eigenvalue weighted by molar-refractivity contribution is -0.384. The van der Waals surface area contributed by atoms with E-state index in [1.165, 1.54) is 40.7 Å². The van der Waals surface area contributed by atoms with E-state index in [0.29, 0.717) is 0 Å². The molecular formula is C18H18Cl2N2O6S. The fourth-order valence-electron chi connectivity index (χ4n) is 3.01. The highest BCUT2D eigenvalue weighted by molar-refractivity contribution is 7.89. The van der Waals surface area contributed by atoms with Gasteiger partial charge in [-0.25, -0.2) is 8.42 Å². The van der Waals surface area contributed by atoms with E-state index in [2.05, 4.69) is 0 Å². The molecule has 0 spiro atoms. The van der Waals surface area contributed by atoms with Crippen molar-refractivity contribution in [3.63, 3.8) is 0 Å². The van der Waals surface area contributed by atoms with Crippen molar-refractivity contribution >= 4 is 38.9 Å². The molecule has 0 amide bonds. The van der Waals surface area contributed by atoms with Crippen molar-refractivity contribution in [2.45, 2.75) is 31.0 Å². The van der Waals surface area contributed by atoms with Crippen LogP contribution >= 0.6 is 23.2 Å². The molecule has 0 saturated carbocycles. The lowest BCUT2D eigenvalue weighted by Gasteiger charge is -2.34. The summed E-state index contributed by atoms with van der Waals surface area (Å²) in [5.74, 6) is 0.329. The number of rotatable bonds is 5. The van der Waals surface area contributed by atoms with Crippen LogP contribution in [0.25, 0.3) is 0 Å². The Hall–Kier alpha value is -1.91. The fraction of sp³-hybridized carbons (Fsp3) is 0.333. The van der Waals surface area contributed by atoms with Gasteiger partial charge < -0.3 is 9.47 Å². The summed E-state index contributed by atoms with van der Waals surface area (Å²) in [7, 11) is -3.82. The molecule has 1 aliphatic rings. The van der Waals surface area contributed by atoms with Crippen LogP contribution in [0.1, 0.15) is 13.8 Å². The maximum absolute atomic E-state index is 13.0. The lowest BCUT2D eigenvalue weighted by atomic mass is 10.3. The third-order valence-corrected chi connectivity index (χ3v) is 6.63. The van der Waals surface area contributed by atoms with E-state index in [1.807, 2.05) is 0 Å². The molecule has 0 bridgehead atoms. The molecule has 2 unspecified atom stereocenters. The van der Waals surface area contributed by atoms with E-state index in [0.717, 1.165) is 0 Å². The largest absolute Gasteiger partial charge is 0.454 e. The van der Waals surface area contributed by atoms with Gasteiger partial charge in [0.25, 0.3) is 5.69 Å². The molecule has 1 saturated heterocycles. The summed E-state index contributed by atoms with van der Waals surface area (Å²) < 4.78 is 38.5. The van der Waals surface area contributed by atoms with Crippen molar-refractivity contribution in [3.05, 3.63) is 56.6 Å². The Kier molecular flexibility index (Phi) is 6.35. The summed E-state index contributed by atoms with van der Waals surface area (Å²) in [5.41, 5.74) is -0.0926. The van der Waals surface area contributed by atoms with Crippen molar-refractivity contribution in [2.24, 2.45) is 0 Å². The third-order valence-electron chi connectivity index (χ3n) is 4.26. The predicted octanol–water partition coefficient (Wildman–Crippen LogP) is 4.49. The van der Waals surface area contributed by atoms with E-state index in [4.69, 9.17) is 32.7 Å². The van der Waals surface area contributed by atoms with Crippen LogP contribution in [0.3, 0.4) is 0 Å². The smallest absolute Gasteiger partial charge is 0.269 e. The number of halogens is 2. The van der Waals surface area contributed by atoms with Crippen molar-refractivity contribution < 1.29 is 22.8 Å². The first kappa shape index (κ1) is 21.8. The number of hydrogen-bond donors (Lipinski definition) is 0. The van der Waals surface area contributed by atoms with Crippen LogP contribution in [0.2, 0.25) is 10.0 Å². The number of morpholine rings is 1. The van der Waals surface area contributed by atoms with Gasteiger partial charge in [0.15, 0.2) is 5.75 Å². The minimum Gasteiger partial charge on any atom is -0.454 e. The maximum Gasteiger partial charge on any atom is 0.269 e. The number of non-ortho nitro benzene ring substituents is 1. The number of ether oxygens (including phenoxy) is 2. The summed E-state index contributed by atoms with van der Waals surface area (Å²) >= 11 is 12.5. The zero-order chi connectivity index (χ0) is 21.3. The molecule has 0 N–H and O–H groups in total. The first-order valence-corrected chi connectivity index (χ1v) is 10.8. The van der Waals surface area contributed by atoms with E-state index in [-0.39, 0.29) is 57.4 Å². The molecule has 0 radical (unpaired) electrons. The minimum atomic E-state index is -3.82. The summed E-state index contributed by atoms with van der Waals surface area (Å²) in [4.78, 5) is 10.2. The molecule has 1 fully saturated rings. The second-order valence-corrected chi connectivity index (χ2v) is 9.40. The van der Waals surface area contributed by atoms with Crippen molar-refractivity contribution in [1.82, 2.24) is 4.31 Å². The first-order valence-electron chi connectivity index (χ1n) is 8.65. The molecular weight excluding hydrogens is 443 g/mol. The van der Waals surface area contributed by atoms with E-state index in [1.54, 1.807) is 13.8 Å². The molecule has 2 aromatic rings. The van der Waals surface area contributed by atoms with Crippen LogP contribution in [0.5, 0.6) is 11.5 Å². The average Bonchev–Trinajstić information content (AvgIpc) is 2.64. The molecule has 2 aromatic carbocycles. The maximum atomic E-state index is 13.0. The van der Waals surface area contributed by atoms with Crippen LogP contribution in [-0.4, -0.2) is 42.9 Å². The molecule has 11 heteroatoms. The van der Waals surface area contributed by atoms with Gasteiger partial charge in [-0.05, 0) is 38.1 Å². The summed E-state index contributed by atoms with van der Waals surface area (Å²) in [5, 5.41) is 10.7. The van der Waals surface area contributed by atoms with Crippen LogP contribution in [0.15, 0.2) is 41.3 Å². The topological polar surface area (TPSA) is 99.0 Å². The monoisotopic (exact) mass is 460 g/mol. The number of nitro groups is 1. The Morgan fingerprint density at radius 3 is 2.10 bits per heavy atom. The zero-order valence-electron chi connectivity index (χ0n) is 15.5. The first-order chi connectivity index (χ1) is 13.6. The molecule has 1 heterocycles. The number of benzene rings is 2. The number of nitro benzene ring substituents is 1. The summed E-state index contributed by atoms with van der Waals surface area (Å²) in [6.45, 7) is 4.06. The van der Waals surface area contributed by atoms with Gasteiger partial charge in [0.1, 0.15) is 5.75 Å². The second kappa shape index (κ2) is 8.45. The Labute approximate surface area is 178 Å². The van der Waals surface area contributed by atoms with Gasteiger partial charge in [-0.15, -0.1) is 0 Å². The Morgan fingerprint density at radius 2 is 1.62 bits per heavy atom. The Bertz CT molecular complexity index is 996. The van der Waals surface area contributed by atoms with Crippen LogP contribution in [-0.2, 0) is 14.8 Å². The van der Waals surface area contributed by atoms with Crippen molar-refractivity contribution in [2.75, 3.05) is 13.1 Å². The van der Waals surface area contributed by atoms with Gasteiger partial charge in [0.2, 0.25) is 10.0 Å². The lowest BCUT2D eigenvalue weighted by Crippen LogP contribution is -2.48. The molecule has 8 nitrogen and oxygen atoms in total. The van der Waals surface area contributed by atoms with Gasteiger partial charge >= 0.3 is 0 Å². The Balaban J connectivity index is 1.88. The van der Waals surface area contributed by atoms with E-state index < -0.39 is 14.9 Å². The summed E-state index contributed by atoms with van der Waals surface area (Å²) in [6.07, 6.45) is -0.464. The zero-order valence-corrected chi connectivity index (χ0v) is 17.9. The average molecular weight is 461 g/mol. The highest BCUT2D eigenvalue weighted by Crippen LogP contribution is 2.39. The van der Waals surface area contributed by atoms with Gasteiger partial charge in [-0.3, -0.25) is 10.1 Å². The third kappa shape index (κ3) is 4.81. The van der Waals surface area contributed by atoms with Crippen molar-refractivity contribution in [1.29, 1.82) is 0 Å². The quantitative estimate of drug-likeness (QED) is 0.481. The second-order valence-electron chi connectivity index (χ2n) is 6.65. The van der Waals surface area contributed by atoms with Crippen LogP contribution in [0, 0.1) is 10.1 Å². The highest BCUT2D eigenvalue weighted by Gasteiger charge is 2.33. The normalized spacial score (nSPS) is 20.4. The van der Waals surface area contributed by atoms with Gasteiger partial charge in [0, 0.05) is 25.2 Å². The molecule has 1 aliphatic heterocycles. The SMILES string of the molecule is CC1CN(S(=O)(=O)c2cc(Cl)c(Oc3ccc([N+](=O)[O-])cc3)c(Cl)c2)CC(C)O1. The molecule has 29 heavy (non-hydrogen) atoms. The van der Waals surface area contributed by atoms with E-state index >= 15 is 0 Å². The predicted molar refractivity (Wildman–Crippen MR) is 108 cm³/mol.